The van der Waals surface area contributed by atoms with Crippen LogP contribution in [0.25, 0.3) is 0 Å². The van der Waals surface area contributed by atoms with E-state index < -0.39 is 12.1 Å². The summed E-state index contributed by atoms with van der Waals surface area (Å²) in [6, 6.07) is 18.7. The zero-order valence-corrected chi connectivity index (χ0v) is 14.9. The Balaban J connectivity index is 2.31. The molecule has 0 aromatic heterocycles. The van der Waals surface area contributed by atoms with E-state index >= 15 is 0 Å². The monoisotopic (exact) mass is 340 g/mol. The van der Waals surface area contributed by atoms with Crippen molar-refractivity contribution in [1.29, 1.82) is 0 Å². The number of carbonyl (C=O) groups excluding carboxylic acids is 2. The molecule has 2 atom stereocenters. The van der Waals surface area contributed by atoms with Gasteiger partial charge in [0.05, 0.1) is 0 Å². The van der Waals surface area contributed by atoms with Crippen molar-refractivity contribution in [2.24, 2.45) is 5.92 Å². The highest BCUT2D eigenvalue weighted by Crippen LogP contribution is 2.19. The van der Waals surface area contributed by atoms with Gasteiger partial charge < -0.3 is 10.6 Å². The number of rotatable bonds is 6. The Morgan fingerprint density at radius 1 is 0.880 bits per heavy atom. The Morgan fingerprint density at radius 2 is 1.40 bits per heavy atom. The fraction of sp³-hybridized carbons (Fsp3) is 0.300. The molecule has 0 saturated carbocycles. The van der Waals surface area contributed by atoms with Gasteiger partial charge in [0.25, 0.3) is 5.91 Å². The molecule has 0 saturated heterocycles. The summed E-state index contributed by atoms with van der Waals surface area (Å²) in [5, 5.41) is 6.86. The highest BCUT2D eigenvalue weighted by atomic mass is 16.2. The van der Waals surface area contributed by atoms with E-state index in [9.17, 15) is 9.59 Å². The molecule has 132 valence electrons. The van der Waals surface area contributed by atoms with Crippen LogP contribution in [0, 0.1) is 5.92 Å². The second-order valence-electron chi connectivity index (χ2n) is 6.33. The molecule has 0 heterocycles. The zero-order valence-electron chi connectivity index (χ0n) is 14.9. The van der Waals surface area contributed by atoms with Crippen molar-refractivity contribution in [2.45, 2.75) is 25.9 Å². The van der Waals surface area contributed by atoms with Gasteiger partial charge in [-0.3, -0.25) is 10.1 Å². The standard InChI is InChI=1S/C20H25N3O2/c1-14(2)17(15-10-6-4-7-11-15)22-18(16-12-8-5-9-13-16)19(24)23-20(25)21-3/h4-14,17-18,22H,1-3H3,(H2,21,23,24,25)/p+1/t17-,18+/m0/s1. The summed E-state index contributed by atoms with van der Waals surface area (Å²) in [7, 11) is 1.49. The molecule has 0 aliphatic rings. The fourth-order valence-electron chi connectivity index (χ4n) is 2.86. The first-order chi connectivity index (χ1) is 12.0. The summed E-state index contributed by atoms with van der Waals surface area (Å²) in [5.41, 5.74) is 2.02. The molecule has 2 aromatic rings. The first-order valence-electron chi connectivity index (χ1n) is 8.50. The molecular weight excluding hydrogens is 314 g/mol. The highest BCUT2D eigenvalue weighted by Gasteiger charge is 2.31. The van der Waals surface area contributed by atoms with Crippen molar-refractivity contribution < 1.29 is 14.9 Å². The van der Waals surface area contributed by atoms with Crippen molar-refractivity contribution in [1.82, 2.24) is 10.6 Å². The zero-order chi connectivity index (χ0) is 18.2. The van der Waals surface area contributed by atoms with Crippen LogP contribution in [0.3, 0.4) is 0 Å². The normalized spacial score (nSPS) is 13.1. The third kappa shape index (κ3) is 5.16. The van der Waals surface area contributed by atoms with Crippen LogP contribution in [-0.2, 0) is 4.79 Å². The Labute approximate surface area is 148 Å². The number of quaternary nitrogens is 1. The predicted molar refractivity (Wildman–Crippen MR) is 97.7 cm³/mol. The molecule has 3 amide bonds. The van der Waals surface area contributed by atoms with Gasteiger partial charge in [-0.1, -0.05) is 74.5 Å². The Morgan fingerprint density at radius 3 is 1.88 bits per heavy atom. The second-order valence-corrected chi connectivity index (χ2v) is 6.33. The van der Waals surface area contributed by atoms with E-state index in [1.807, 2.05) is 53.8 Å². The maximum atomic E-state index is 12.7. The van der Waals surface area contributed by atoms with E-state index in [2.05, 4.69) is 36.6 Å². The van der Waals surface area contributed by atoms with E-state index in [4.69, 9.17) is 0 Å². The van der Waals surface area contributed by atoms with E-state index in [1.165, 1.54) is 7.05 Å². The van der Waals surface area contributed by atoms with Gasteiger partial charge in [-0.25, -0.2) is 4.79 Å². The largest absolute Gasteiger partial charge is 0.341 e. The molecule has 2 aromatic carbocycles. The van der Waals surface area contributed by atoms with Crippen LogP contribution in [0.1, 0.15) is 37.1 Å². The smallest absolute Gasteiger partial charge is 0.321 e. The molecule has 0 bridgehead atoms. The van der Waals surface area contributed by atoms with Crippen LogP contribution in [0.15, 0.2) is 60.7 Å². The maximum absolute atomic E-state index is 12.7. The van der Waals surface area contributed by atoms with Crippen molar-refractivity contribution >= 4 is 11.9 Å². The van der Waals surface area contributed by atoms with E-state index in [1.54, 1.807) is 0 Å². The van der Waals surface area contributed by atoms with E-state index in [0.717, 1.165) is 11.1 Å². The molecule has 25 heavy (non-hydrogen) atoms. The average Bonchev–Trinajstić information content (AvgIpc) is 2.63. The summed E-state index contributed by atoms with van der Waals surface area (Å²) in [6.07, 6.45) is 0. The summed E-state index contributed by atoms with van der Waals surface area (Å²) in [5.74, 6) is -0.00598. The van der Waals surface area contributed by atoms with Crippen LogP contribution in [-0.4, -0.2) is 19.0 Å². The molecule has 2 rings (SSSR count). The minimum atomic E-state index is -0.508. The van der Waals surface area contributed by atoms with Gasteiger partial charge in [0, 0.05) is 24.1 Å². The number of carbonyl (C=O) groups is 2. The van der Waals surface area contributed by atoms with Gasteiger partial charge in [0.2, 0.25) is 0 Å². The van der Waals surface area contributed by atoms with Crippen LogP contribution in [0.4, 0.5) is 4.79 Å². The van der Waals surface area contributed by atoms with Gasteiger partial charge >= 0.3 is 6.03 Å². The van der Waals surface area contributed by atoms with Gasteiger partial charge in [-0.2, -0.15) is 0 Å². The van der Waals surface area contributed by atoms with Crippen molar-refractivity contribution in [3.05, 3.63) is 71.8 Å². The average molecular weight is 340 g/mol. The van der Waals surface area contributed by atoms with Gasteiger partial charge in [-0.15, -0.1) is 0 Å². The van der Waals surface area contributed by atoms with Crippen LogP contribution >= 0.6 is 0 Å². The number of nitrogens with two attached hydrogens (primary N) is 1. The van der Waals surface area contributed by atoms with Crippen molar-refractivity contribution in [2.75, 3.05) is 7.05 Å². The van der Waals surface area contributed by atoms with Crippen molar-refractivity contribution in [3.63, 3.8) is 0 Å². The lowest BCUT2D eigenvalue weighted by Gasteiger charge is -2.25. The summed E-state index contributed by atoms with van der Waals surface area (Å²) in [4.78, 5) is 24.3. The SMILES string of the molecule is CNC(=O)NC(=O)[C@H]([NH2+][C@H](c1ccccc1)C(C)C)c1ccccc1. The molecule has 0 unspecified atom stereocenters. The molecule has 0 aliphatic carbocycles. The van der Waals surface area contributed by atoms with Crippen LogP contribution < -0.4 is 16.0 Å². The first kappa shape index (κ1) is 18.7. The number of benzene rings is 2. The number of imide groups is 1. The molecule has 0 radical (unpaired) electrons. The van der Waals surface area contributed by atoms with Gasteiger partial charge in [0.15, 0.2) is 6.04 Å². The fourth-order valence-corrected chi connectivity index (χ4v) is 2.86. The topological polar surface area (TPSA) is 74.8 Å². The maximum Gasteiger partial charge on any atom is 0.321 e. The molecule has 4 N–H and O–H groups in total. The molecule has 5 heteroatoms. The van der Waals surface area contributed by atoms with Crippen LogP contribution in [0.2, 0.25) is 0 Å². The second kappa shape index (κ2) is 8.99. The third-order valence-electron chi connectivity index (χ3n) is 4.21. The highest BCUT2D eigenvalue weighted by molar-refractivity contribution is 5.96. The number of urea groups is 1. The van der Waals surface area contributed by atoms with E-state index in [-0.39, 0.29) is 11.9 Å². The number of amides is 3. The van der Waals surface area contributed by atoms with Crippen molar-refractivity contribution in [3.8, 4) is 0 Å². The quantitative estimate of drug-likeness (QED) is 0.754. The van der Waals surface area contributed by atoms with Gasteiger partial charge in [-0.05, 0) is 0 Å². The number of nitrogens with one attached hydrogen (secondary N) is 2. The molecular formula is C20H26N3O2+. The lowest BCUT2D eigenvalue weighted by atomic mass is 9.94. The number of hydrogen-bond acceptors (Lipinski definition) is 2. The minimum Gasteiger partial charge on any atom is -0.341 e. The molecule has 0 aliphatic heterocycles. The molecule has 0 spiro atoms. The lowest BCUT2D eigenvalue weighted by Crippen LogP contribution is -2.89. The summed E-state index contributed by atoms with van der Waals surface area (Å²) < 4.78 is 0. The Hall–Kier alpha value is -2.66. The Bertz CT molecular complexity index is 687. The summed E-state index contributed by atoms with van der Waals surface area (Å²) >= 11 is 0. The van der Waals surface area contributed by atoms with Crippen LogP contribution in [0.5, 0.6) is 0 Å². The third-order valence-corrected chi connectivity index (χ3v) is 4.21. The van der Waals surface area contributed by atoms with Gasteiger partial charge in [0.1, 0.15) is 6.04 Å². The van der Waals surface area contributed by atoms with E-state index in [0.29, 0.717) is 5.92 Å². The molecule has 5 nitrogen and oxygen atoms in total. The first-order valence-corrected chi connectivity index (χ1v) is 8.50. The number of hydrogen-bond donors (Lipinski definition) is 3. The predicted octanol–water partition coefficient (Wildman–Crippen LogP) is 2.14. The Kier molecular flexibility index (Phi) is 6.71. The minimum absolute atomic E-state index is 0.0989. The summed E-state index contributed by atoms with van der Waals surface area (Å²) in [6.45, 7) is 4.26. The lowest BCUT2D eigenvalue weighted by molar-refractivity contribution is -0.728. The molecule has 0 fully saturated rings.